The van der Waals surface area contributed by atoms with E-state index in [-0.39, 0.29) is 11.8 Å². The van der Waals surface area contributed by atoms with E-state index in [0.29, 0.717) is 19.6 Å². The summed E-state index contributed by atoms with van der Waals surface area (Å²) >= 11 is 0. The van der Waals surface area contributed by atoms with Crippen LogP contribution < -0.4 is 15.5 Å². The van der Waals surface area contributed by atoms with Crippen LogP contribution in [0.4, 0.5) is 0 Å². The van der Waals surface area contributed by atoms with Crippen molar-refractivity contribution in [1.29, 1.82) is 0 Å². The van der Waals surface area contributed by atoms with Crippen molar-refractivity contribution in [3.8, 4) is 5.75 Å². The molecule has 5 rings (SSSR count). The minimum atomic E-state index is -0.735. The van der Waals surface area contributed by atoms with Crippen LogP contribution in [0, 0.1) is 5.92 Å². The second kappa shape index (κ2) is 10.2. The molecule has 0 saturated carbocycles. The molecule has 8 nitrogen and oxygen atoms in total. The molecule has 2 atom stereocenters. The van der Waals surface area contributed by atoms with E-state index in [1.807, 2.05) is 61.5 Å². The summed E-state index contributed by atoms with van der Waals surface area (Å²) in [5.74, 6) is 0.154. The molecule has 188 valence electrons. The molecular formula is C28H32N4O4. The van der Waals surface area contributed by atoms with Gasteiger partial charge in [0.2, 0.25) is 5.91 Å². The number of pyridine rings is 1. The van der Waals surface area contributed by atoms with Gasteiger partial charge in [-0.3, -0.25) is 19.8 Å². The fourth-order valence-electron chi connectivity index (χ4n) is 5.60. The zero-order valence-corrected chi connectivity index (χ0v) is 20.4. The van der Waals surface area contributed by atoms with Crippen molar-refractivity contribution in [3.05, 3.63) is 71.9 Å². The largest absolute Gasteiger partial charge is 0.489 e. The second-order valence-corrected chi connectivity index (χ2v) is 9.89. The number of para-hydroxylation sites is 1. The van der Waals surface area contributed by atoms with Crippen LogP contribution in [0.5, 0.6) is 5.75 Å². The third kappa shape index (κ3) is 4.54. The average Bonchev–Trinajstić information content (AvgIpc) is 3.23. The molecule has 1 aromatic heterocycles. The van der Waals surface area contributed by atoms with Gasteiger partial charge in [-0.05, 0) is 75.0 Å². The molecule has 3 heterocycles. The van der Waals surface area contributed by atoms with Crippen LogP contribution >= 0.6 is 0 Å². The van der Waals surface area contributed by atoms with Crippen LogP contribution in [0.1, 0.15) is 37.3 Å². The zero-order chi connectivity index (χ0) is 25.1. The van der Waals surface area contributed by atoms with E-state index in [0.717, 1.165) is 53.7 Å². The standard InChI is InChI=1S/C28H32N4O4/c1-28(13-17-32(27(28)34)25(26(33)31-35)19-10-14-29-15-11-19)21-6-8-22(9-7-21)36-18-20-12-16-30-24-5-3-2-4-23(20)24/h2-9,12,16,19,25,29,35H,10-11,13-15,17-18H2,1H3,(H,31,33). The van der Waals surface area contributed by atoms with E-state index in [1.165, 1.54) is 0 Å². The Morgan fingerprint density at radius 1 is 1.19 bits per heavy atom. The van der Waals surface area contributed by atoms with Gasteiger partial charge in [0.1, 0.15) is 18.4 Å². The summed E-state index contributed by atoms with van der Waals surface area (Å²) in [7, 11) is 0. The first kappa shape index (κ1) is 24.2. The summed E-state index contributed by atoms with van der Waals surface area (Å²) in [6.07, 6.45) is 3.97. The van der Waals surface area contributed by atoms with Gasteiger partial charge in [0, 0.05) is 23.7 Å². The number of fused-ring (bicyclic) bond motifs is 1. The lowest BCUT2D eigenvalue weighted by molar-refractivity contribution is -0.146. The molecule has 36 heavy (non-hydrogen) atoms. The van der Waals surface area contributed by atoms with Crippen molar-refractivity contribution < 1.29 is 19.5 Å². The first-order valence-corrected chi connectivity index (χ1v) is 12.5. The van der Waals surface area contributed by atoms with E-state index >= 15 is 0 Å². The Hall–Kier alpha value is -3.49. The van der Waals surface area contributed by atoms with Crippen molar-refractivity contribution in [2.75, 3.05) is 19.6 Å². The predicted molar refractivity (Wildman–Crippen MR) is 136 cm³/mol. The van der Waals surface area contributed by atoms with Crippen molar-refractivity contribution >= 4 is 22.7 Å². The first-order valence-electron chi connectivity index (χ1n) is 12.5. The summed E-state index contributed by atoms with van der Waals surface area (Å²) in [5, 5.41) is 13.7. The molecule has 0 bridgehead atoms. The molecule has 2 aromatic carbocycles. The Labute approximate surface area is 210 Å². The fourth-order valence-corrected chi connectivity index (χ4v) is 5.60. The van der Waals surface area contributed by atoms with Crippen LogP contribution in [0.15, 0.2) is 60.8 Å². The Morgan fingerprint density at radius 2 is 1.94 bits per heavy atom. The van der Waals surface area contributed by atoms with Crippen molar-refractivity contribution in [2.24, 2.45) is 5.92 Å². The SMILES string of the molecule is CC1(c2ccc(OCc3ccnc4ccccc34)cc2)CCN(C(C(=O)NO)C2CCNCC2)C1=O. The number of likely N-dealkylation sites (tertiary alicyclic amines) is 1. The number of piperidine rings is 1. The number of rotatable bonds is 7. The van der Waals surface area contributed by atoms with Crippen molar-refractivity contribution in [3.63, 3.8) is 0 Å². The molecule has 3 N–H and O–H groups in total. The predicted octanol–water partition coefficient (Wildman–Crippen LogP) is 3.18. The lowest BCUT2D eigenvalue weighted by atomic mass is 9.81. The monoisotopic (exact) mass is 488 g/mol. The van der Waals surface area contributed by atoms with Crippen molar-refractivity contribution in [1.82, 2.24) is 20.7 Å². The van der Waals surface area contributed by atoms with Gasteiger partial charge >= 0.3 is 0 Å². The second-order valence-electron chi connectivity index (χ2n) is 9.89. The summed E-state index contributed by atoms with van der Waals surface area (Å²) in [5.41, 5.74) is 3.95. The molecule has 0 spiro atoms. The maximum absolute atomic E-state index is 13.7. The lowest BCUT2D eigenvalue weighted by Gasteiger charge is -2.36. The Bertz CT molecular complexity index is 1240. The Kier molecular flexibility index (Phi) is 6.89. The van der Waals surface area contributed by atoms with Crippen molar-refractivity contribution in [2.45, 2.75) is 44.2 Å². The van der Waals surface area contributed by atoms with E-state index < -0.39 is 17.4 Å². The highest BCUT2D eigenvalue weighted by atomic mass is 16.5. The highest BCUT2D eigenvalue weighted by Crippen LogP contribution is 2.39. The summed E-state index contributed by atoms with van der Waals surface area (Å²) < 4.78 is 6.05. The fraction of sp³-hybridized carbons (Fsp3) is 0.393. The molecule has 2 amide bonds. The number of benzene rings is 2. The number of ether oxygens (including phenoxy) is 1. The molecule has 2 aliphatic rings. The molecule has 2 saturated heterocycles. The molecule has 0 radical (unpaired) electrons. The highest BCUT2D eigenvalue weighted by molar-refractivity contribution is 5.94. The van der Waals surface area contributed by atoms with Crippen LogP contribution in [0.3, 0.4) is 0 Å². The molecule has 2 aliphatic heterocycles. The van der Waals surface area contributed by atoms with Gasteiger partial charge in [-0.1, -0.05) is 30.3 Å². The molecule has 2 fully saturated rings. The van der Waals surface area contributed by atoms with Gasteiger partial charge in [-0.25, -0.2) is 5.48 Å². The smallest absolute Gasteiger partial charge is 0.266 e. The number of nitrogens with zero attached hydrogens (tertiary/aromatic N) is 2. The quantitative estimate of drug-likeness (QED) is 0.349. The Balaban J connectivity index is 1.30. The topological polar surface area (TPSA) is 104 Å². The first-order chi connectivity index (χ1) is 17.5. The van der Waals surface area contributed by atoms with Gasteiger partial charge < -0.3 is 15.0 Å². The summed E-state index contributed by atoms with van der Waals surface area (Å²) in [6.45, 7) is 4.43. The van der Waals surface area contributed by atoms with Gasteiger partial charge in [-0.2, -0.15) is 0 Å². The third-order valence-corrected chi connectivity index (χ3v) is 7.76. The number of nitrogens with one attached hydrogen (secondary N) is 2. The zero-order valence-electron chi connectivity index (χ0n) is 20.4. The van der Waals surface area contributed by atoms with Gasteiger partial charge in [0.05, 0.1) is 10.9 Å². The highest BCUT2D eigenvalue weighted by Gasteiger charge is 2.49. The number of hydroxylamine groups is 1. The summed E-state index contributed by atoms with van der Waals surface area (Å²) in [4.78, 5) is 32.3. The van der Waals surface area contributed by atoms with Crippen LogP contribution in [-0.4, -0.2) is 52.6 Å². The summed E-state index contributed by atoms with van der Waals surface area (Å²) in [6, 6.07) is 16.9. The van der Waals surface area contributed by atoms with Crippen LogP contribution in [0.25, 0.3) is 10.9 Å². The van der Waals surface area contributed by atoms with E-state index in [4.69, 9.17) is 4.74 Å². The minimum absolute atomic E-state index is 0.0183. The number of hydrogen-bond acceptors (Lipinski definition) is 6. The lowest BCUT2D eigenvalue weighted by Crippen LogP contribution is -2.54. The van der Waals surface area contributed by atoms with Crippen LogP contribution in [-0.2, 0) is 21.6 Å². The molecule has 8 heteroatoms. The molecule has 2 unspecified atom stereocenters. The van der Waals surface area contributed by atoms with Gasteiger partial charge in [-0.15, -0.1) is 0 Å². The number of carbonyl (C=O) groups is 2. The molecular weight excluding hydrogens is 456 g/mol. The van der Waals surface area contributed by atoms with E-state index in [2.05, 4.69) is 10.3 Å². The maximum Gasteiger partial charge on any atom is 0.266 e. The van der Waals surface area contributed by atoms with Gasteiger partial charge in [0.15, 0.2) is 0 Å². The van der Waals surface area contributed by atoms with E-state index in [9.17, 15) is 14.8 Å². The van der Waals surface area contributed by atoms with Crippen LogP contribution in [0.2, 0.25) is 0 Å². The van der Waals surface area contributed by atoms with Gasteiger partial charge in [0.25, 0.3) is 5.91 Å². The number of hydrogen-bond donors (Lipinski definition) is 3. The Morgan fingerprint density at radius 3 is 2.69 bits per heavy atom. The normalized spacial score (nSPS) is 21.5. The minimum Gasteiger partial charge on any atom is -0.489 e. The van der Waals surface area contributed by atoms with E-state index in [1.54, 1.807) is 16.6 Å². The number of carbonyl (C=O) groups excluding carboxylic acids is 2. The third-order valence-electron chi connectivity index (χ3n) is 7.76. The molecule has 0 aliphatic carbocycles. The number of amides is 2. The maximum atomic E-state index is 13.7. The average molecular weight is 489 g/mol. The molecule has 3 aromatic rings. The number of aromatic nitrogens is 1.